The zero-order chi connectivity index (χ0) is 73.3. The largest absolute Gasteiger partial charge is 0.491 e. The zero-order valence-electron chi connectivity index (χ0n) is 57.7. The number of urea groups is 1. The van der Waals surface area contributed by atoms with Crippen molar-refractivity contribution in [3.63, 3.8) is 0 Å². The molecule has 3 atom stereocenters. The first-order valence-electron chi connectivity index (χ1n) is 33.7. The number of nitrogens with one attached hydrogen (secondary N) is 4. The Hall–Kier alpha value is -9.94. The number of thiophene rings is 1. The molecule has 0 saturated carbocycles. The number of piperazine rings is 1. The third kappa shape index (κ3) is 22.3. The lowest BCUT2D eigenvalue weighted by molar-refractivity contribution is -0.926. The average Bonchev–Trinajstić information content (AvgIpc) is 1.61. The van der Waals surface area contributed by atoms with Crippen LogP contribution in [-0.4, -0.2) is 187 Å². The number of para-hydroxylation sites is 1. The van der Waals surface area contributed by atoms with Crippen LogP contribution in [0.25, 0.3) is 53.6 Å². The van der Waals surface area contributed by atoms with Crippen LogP contribution in [0.15, 0.2) is 133 Å². The minimum absolute atomic E-state index is 0.0190. The van der Waals surface area contributed by atoms with E-state index in [1.807, 2.05) is 55.5 Å². The quantitative estimate of drug-likeness (QED) is 0.00619. The van der Waals surface area contributed by atoms with E-state index in [0.717, 1.165) is 42.8 Å². The second-order valence-corrected chi connectivity index (χ2v) is 26.4. The SMILES string of the molecule is Cc1c(-c2c(-c3ccc(F)cc3)sc3ncnc(O[C@H](Cc4ccccc4OCc4ccnc(-c5ccccc5CO)n4)C(=O)O)c23)ccc(OCCN2CC[N+](C)(Cc3ccc(NC(=O)[C@H](CCCNC(N)=O)NC(=O)[C@@H](NC(=O)COCCOCCOCCN=[N+]=[N-])C(C)C)cc3)CC2)c1Cl. The highest BCUT2D eigenvalue weighted by molar-refractivity contribution is 7.22. The van der Waals surface area contributed by atoms with E-state index >= 15 is 0 Å². The molecule has 0 aliphatic carbocycles. The number of likely N-dealkylation sites (N-methyl/N-ethyl adjacent to an activating group) is 1. The summed E-state index contributed by atoms with van der Waals surface area (Å²) in [7, 11) is 2.21. The number of aliphatic hydroxyl groups is 1. The van der Waals surface area contributed by atoms with E-state index in [-0.39, 0.29) is 84.0 Å². The number of fused-ring (bicyclic) bond motifs is 1. The maximum atomic E-state index is 14.5. The number of carbonyl (C=O) groups is 5. The molecule has 8 aromatic rings. The van der Waals surface area contributed by atoms with Gasteiger partial charge in [-0.15, -0.1) is 11.3 Å². The predicted octanol–water partition coefficient (Wildman–Crippen LogP) is 9.44. The Kier molecular flexibility index (Phi) is 28.8. The van der Waals surface area contributed by atoms with E-state index < -0.39 is 53.7 Å². The normalized spacial score (nSPS) is 13.7. The number of carboxylic acids is 1. The van der Waals surface area contributed by atoms with Gasteiger partial charge in [0.2, 0.25) is 29.7 Å². The van der Waals surface area contributed by atoms with E-state index in [0.29, 0.717) is 114 Å². The van der Waals surface area contributed by atoms with E-state index in [9.17, 15) is 38.6 Å². The number of anilines is 1. The molecule has 27 nitrogen and oxygen atoms in total. The van der Waals surface area contributed by atoms with Gasteiger partial charge in [0, 0.05) is 77.5 Å². The van der Waals surface area contributed by atoms with Gasteiger partial charge in [-0.2, -0.15) is 0 Å². The van der Waals surface area contributed by atoms with Crippen LogP contribution in [0.3, 0.4) is 0 Å². The van der Waals surface area contributed by atoms with Gasteiger partial charge in [-0.1, -0.05) is 103 Å². The van der Waals surface area contributed by atoms with E-state index in [1.54, 1.807) is 74.6 Å². The van der Waals surface area contributed by atoms with Crippen molar-refractivity contribution in [3.05, 3.63) is 177 Å². The van der Waals surface area contributed by atoms with Crippen molar-refractivity contribution in [2.75, 3.05) is 104 Å². The number of nitrogens with zero attached hydrogens (tertiary/aromatic N) is 9. The number of primary amides is 1. The Morgan fingerprint density at radius 3 is 2.26 bits per heavy atom. The minimum atomic E-state index is -1.45. The molecular formula is C73H85ClFN14O13S+. The number of azide groups is 1. The van der Waals surface area contributed by atoms with Crippen LogP contribution >= 0.6 is 22.9 Å². The smallest absolute Gasteiger partial charge is 0.345 e. The summed E-state index contributed by atoms with van der Waals surface area (Å²) in [4.78, 5) is 89.6. The third-order valence-corrected chi connectivity index (χ3v) is 18.8. The Morgan fingerprint density at radius 2 is 1.54 bits per heavy atom. The van der Waals surface area contributed by atoms with E-state index in [1.165, 1.54) is 29.8 Å². The molecule has 0 radical (unpaired) electrons. The number of carboxylic acid groups (broad SMARTS) is 1. The van der Waals surface area contributed by atoms with Crippen LogP contribution in [0.2, 0.25) is 5.02 Å². The number of ether oxygens (including phenoxy) is 6. The monoisotopic (exact) mass is 1450 g/mol. The van der Waals surface area contributed by atoms with E-state index in [2.05, 4.69) is 63.2 Å². The van der Waals surface area contributed by atoms with Crippen LogP contribution in [0.4, 0.5) is 14.9 Å². The molecule has 103 heavy (non-hydrogen) atoms. The van der Waals surface area contributed by atoms with Gasteiger partial charge in [0.25, 0.3) is 0 Å². The van der Waals surface area contributed by atoms with Gasteiger partial charge in [0.1, 0.15) is 66.9 Å². The second kappa shape index (κ2) is 38.4. The molecular weight excluding hydrogens is 1370 g/mol. The number of aromatic nitrogens is 4. The fourth-order valence-corrected chi connectivity index (χ4v) is 13.0. The first-order chi connectivity index (χ1) is 49.8. The highest BCUT2D eigenvalue weighted by Gasteiger charge is 2.33. The molecule has 8 N–H and O–H groups in total. The van der Waals surface area contributed by atoms with Crippen molar-refractivity contribution in [3.8, 4) is 50.3 Å². The van der Waals surface area contributed by atoms with Crippen LogP contribution in [0.5, 0.6) is 17.4 Å². The molecule has 1 fully saturated rings. The molecule has 4 heterocycles. The van der Waals surface area contributed by atoms with Crippen LogP contribution in [0.1, 0.15) is 54.6 Å². The van der Waals surface area contributed by atoms with E-state index in [4.69, 9.17) is 51.3 Å². The molecule has 544 valence electrons. The van der Waals surface area contributed by atoms with Crippen LogP contribution in [-0.2, 0) is 59.6 Å². The van der Waals surface area contributed by atoms with Crippen molar-refractivity contribution in [1.29, 1.82) is 0 Å². The Bertz CT molecular complexity index is 4240. The standard InChI is InChI=1S/C73H84ClFN14O13S/c1-46(2)65(86-61(91)44-99-39-38-98-37-36-97-34-28-82-87-77)69(93)85-57(13-9-26-79-73(76)96)68(92)84-53-21-15-48(16-22-53)41-89(4)32-29-88(30-33-89)31-35-100-59-24-23-55(47(3)64(59)74)62-63-70(80-45-81-71(63)103-66(62)49-17-19-52(75)20-18-49)102-60(72(94)95)40-50-10-6-8-14-58(50)101-43-54-25-27-78-67(83-54)56-12-7-5-11-51(56)42-90/h5-8,10-12,14-25,27,45-46,57,60,65,90H,9,13,26,28-44H2,1-4H3,(H6-,76,79,84,85,86,91,92,93,94,95,96)/p+1/t57-,60+,65-/m0/s1. The van der Waals surface area contributed by atoms with Crippen molar-refractivity contribution in [2.24, 2.45) is 16.8 Å². The summed E-state index contributed by atoms with van der Waals surface area (Å²) in [6.07, 6.45) is 1.83. The molecule has 3 aromatic heterocycles. The van der Waals surface area contributed by atoms with Gasteiger partial charge in [-0.3, -0.25) is 19.3 Å². The molecule has 0 bridgehead atoms. The summed E-state index contributed by atoms with van der Waals surface area (Å²) in [6.45, 7) is 11.5. The minimum Gasteiger partial charge on any atom is -0.491 e. The summed E-state index contributed by atoms with van der Waals surface area (Å²) in [6, 6.07) is 30.7. The van der Waals surface area contributed by atoms with Crippen molar-refractivity contribution < 1.29 is 71.5 Å². The summed E-state index contributed by atoms with van der Waals surface area (Å²) < 4.78 is 50.5. The number of benzene rings is 5. The van der Waals surface area contributed by atoms with Crippen LogP contribution in [0, 0.1) is 18.7 Å². The molecule has 5 amide bonds. The molecule has 1 aliphatic rings. The number of nitrogens with two attached hydrogens (primary N) is 1. The number of halogens is 2. The number of carbonyl (C=O) groups excluding carboxylic acids is 4. The number of hydrogen-bond donors (Lipinski definition) is 7. The van der Waals surface area contributed by atoms with Gasteiger partial charge < -0.3 is 70.1 Å². The van der Waals surface area contributed by atoms with Crippen LogP contribution < -0.4 is 41.2 Å². The molecule has 30 heteroatoms. The maximum Gasteiger partial charge on any atom is 0.345 e. The molecule has 9 rings (SSSR count). The summed E-state index contributed by atoms with van der Waals surface area (Å²) in [5.74, 6) is -2.28. The number of quaternary nitrogens is 1. The maximum absolute atomic E-state index is 14.5. The number of hydrogen-bond acceptors (Lipinski definition) is 19. The number of aliphatic carboxylic acids is 1. The van der Waals surface area contributed by atoms with Gasteiger partial charge >= 0.3 is 12.0 Å². The molecule has 1 aliphatic heterocycles. The molecule has 1 saturated heterocycles. The van der Waals surface area contributed by atoms with Gasteiger partial charge in [-0.05, 0) is 101 Å². The lowest BCUT2D eigenvalue weighted by Crippen LogP contribution is -2.57. The highest BCUT2D eigenvalue weighted by atomic mass is 35.5. The third-order valence-electron chi connectivity index (χ3n) is 17.2. The summed E-state index contributed by atoms with van der Waals surface area (Å²) in [5, 5.41) is 35.9. The van der Waals surface area contributed by atoms with Gasteiger partial charge in [0.05, 0.1) is 75.9 Å². The highest BCUT2D eigenvalue weighted by Crippen LogP contribution is 2.49. The van der Waals surface area contributed by atoms with Gasteiger partial charge in [0.15, 0.2) is 5.82 Å². The average molecular weight is 1450 g/mol. The number of rotatable bonds is 39. The Morgan fingerprint density at radius 1 is 0.825 bits per heavy atom. The molecule has 0 unspecified atom stereocenters. The van der Waals surface area contributed by atoms with Gasteiger partial charge in [-0.25, -0.2) is 33.9 Å². The summed E-state index contributed by atoms with van der Waals surface area (Å²) in [5.41, 5.74) is 20.3. The van der Waals surface area contributed by atoms with Crippen molar-refractivity contribution in [2.45, 2.75) is 78.0 Å². The molecule has 5 aromatic carbocycles. The fraction of sp³-hybridized carbons (Fsp3) is 0.384. The number of aliphatic hydroxyl groups excluding tert-OH is 1. The Labute approximate surface area is 604 Å². The second-order valence-electron chi connectivity index (χ2n) is 25.1. The lowest BCUT2D eigenvalue weighted by atomic mass is 9.96. The summed E-state index contributed by atoms with van der Waals surface area (Å²) >= 11 is 8.56. The zero-order valence-corrected chi connectivity index (χ0v) is 59.3. The molecule has 0 spiro atoms. The van der Waals surface area contributed by atoms with Crippen molar-refractivity contribution >= 4 is 68.6 Å². The Balaban J connectivity index is 0.792. The number of amides is 5. The lowest BCUT2D eigenvalue weighted by Gasteiger charge is -2.42. The first kappa shape index (κ1) is 77.2. The topological polar surface area (TPSA) is 359 Å². The fourth-order valence-electron chi connectivity index (χ4n) is 11.6. The first-order valence-corrected chi connectivity index (χ1v) is 34.9. The van der Waals surface area contributed by atoms with Crippen molar-refractivity contribution in [1.82, 2.24) is 40.8 Å². The predicted molar refractivity (Wildman–Crippen MR) is 387 cm³/mol.